The van der Waals surface area contributed by atoms with E-state index in [1.807, 2.05) is 0 Å². The highest BCUT2D eigenvalue weighted by atomic mass is 16.5. The molecule has 0 fully saturated rings. The van der Waals surface area contributed by atoms with Crippen molar-refractivity contribution in [3.63, 3.8) is 0 Å². The van der Waals surface area contributed by atoms with Gasteiger partial charge in [-0.25, -0.2) is 0 Å². The van der Waals surface area contributed by atoms with E-state index in [-0.39, 0.29) is 0 Å². The first kappa shape index (κ1) is 30.5. The van der Waals surface area contributed by atoms with Crippen molar-refractivity contribution in [2.45, 2.75) is 10.8 Å². The molecule has 0 saturated carbocycles. The Morgan fingerprint density at radius 2 is 0.836 bits per heavy atom. The minimum absolute atomic E-state index is 0.450. The maximum atomic E-state index is 6.92. The van der Waals surface area contributed by atoms with Crippen molar-refractivity contribution >= 4 is 10.8 Å². The van der Waals surface area contributed by atoms with E-state index >= 15 is 0 Å². The van der Waals surface area contributed by atoms with Crippen LogP contribution in [0.5, 0.6) is 11.5 Å². The normalized spacial score (nSPS) is 16.4. The first-order chi connectivity index (χ1) is 27.3. The zero-order valence-corrected chi connectivity index (χ0v) is 30.0. The third kappa shape index (κ3) is 3.92. The number of fused-ring (bicyclic) bond motifs is 14. The van der Waals surface area contributed by atoms with Crippen LogP contribution in [0.25, 0.3) is 44.2 Å². The molecule has 0 saturated heterocycles. The molecule has 55 heavy (non-hydrogen) atoms. The molecule has 0 radical (unpaired) electrons. The zero-order chi connectivity index (χ0) is 36.1. The lowest BCUT2D eigenvalue weighted by atomic mass is 9.63. The quantitative estimate of drug-likeness (QED) is 0.178. The largest absolute Gasteiger partial charge is 0.457 e. The number of benzene rings is 9. The van der Waals surface area contributed by atoms with Crippen LogP contribution < -0.4 is 4.74 Å². The Balaban J connectivity index is 1.11. The van der Waals surface area contributed by atoms with Gasteiger partial charge in [0.1, 0.15) is 11.5 Å². The van der Waals surface area contributed by atoms with Gasteiger partial charge >= 0.3 is 0 Å². The van der Waals surface area contributed by atoms with Crippen molar-refractivity contribution in [1.29, 1.82) is 0 Å². The molecule has 0 bridgehead atoms. The van der Waals surface area contributed by atoms with Crippen LogP contribution in [0.15, 0.2) is 206 Å². The third-order valence-corrected chi connectivity index (χ3v) is 12.6. The SMILES string of the molecule is c1ccc(C2(c3ccccc3)c3ccccc3Oc3cc(-c4ccc5c(c4)C4(c6ccccc6-5)c5ccccc5-c5ccc6ccccc6c54)ccc32)cc1. The highest BCUT2D eigenvalue weighted by Crippen LogP contribution is 2.64. The van der Waals surface area contributed by atoms with Gasteiger partial charge in [0.2, 0.25) is 0 Å². The molecule has 1 heteroatoms. The minimum atomic E-state index is -0.548. The Bertz CT molecular complexity index is 2960. The summed E-state index contributed by atoms with van der Waals surface area (Å²) in [5, 5.41) is 2.58. The van der Waals surface area contributed by atoms with Crippen molar-refractivity contribution in [2.75, 3.05) is 0 Å². The van der Waals surface area contributed by atoms with Crippen molar-refractivity contribution in [1.82, 2.24) is 0 Å². The molecular weight excluding hydrogens is 665 g/mol. The average Bonchev–Trinajstić information content (AvgIpc) is 3.73. The lowest BCUT2D eigenvalue weighted by Gasteiger charge is -2.41. The second-order valence-electron chi connectivity index (χ2n) is 15.1. The fourth-order valence-corrected chi connectivity index (χ4v) is 10.5. The van der Waals surface area contributed by atoms with Crippen LogP contribution in [-0.4, -0.2) is 0 Å². The molecule has 1 nitrogen and oxygen atoms in total. The minimum Gasteiger partial charge on any atom is -0.457 e. The van der Waals surface area contributed by atoms with E-state index < -0.39 is 10.8 Å². The Morgan fingerprint density at radius 3 is 1.58 bits per heavy atom. The van der Waals surface area contributed by atoms with Gasteiger partial charge in [-0.05, 0) is 95.7 Å². The first-order valence-electron chi connectivity index (χ1n) is 19.2. The van der Waals surface area contributed by atoms with Crippen LogP contribution in [0.2, 0.25) is 0 Å². The summed E-state index contributed by atoms with van der Waals surface area (Å²) < 4.78 is 6.92. The van der Waals surface area contributed by atoms with E-state index in [1.54, 1.807) is 0 Å². The highest BCUT2D eigenvalue weighted by molar-refractivity contribution is 6.04. The number of hydrogen-bond acceptors (Lipinski definition) is 1. The number of ether oxygens (including phenoxy) is 1. The topological polar surface area (TPSA) is 9.23 Å². The van der Waals surface area contributed by atoms with Crippen LogP contribution in [-0.2, 0) is 10.8 Å². The van der Waals surface area contributed by atoms with Gasteiger partial charge in [0.15, 0.2) is 0 Å². The fraction of sp³-hybridized carbons (Fsp3) is 0.0370. The van der Waals surface area contributed by atoms with Crippen LogP contribution >= 0.6 is 0 Å². The first-order valence-corrected chi connectivity index (χ1v) is 19.2. The molecule has 1 aliphatic heterocycles. The van der Waals surface area contributed by atoms with Gasteiger partial charge in [-0.2, -0.15) is 0 Å². The number of para-hydroxylation sites is 1. The lowest BCUT2D eigenvalue weighted by Crippen LogP contribution is -2.34. The van der Waals surface area contributed by atoms with E-state index in [0.717, 1.165) is 28.2 Å². The molecule has 256 valence electrons. The molecule has 9 aromatic rings. The maximum Gasteiger partial charge on any atom is 0.132 e. The van der Waals surface area contributed by atoms with Gasteiger partial charge in [-0.3, -0.25) is 0 Å². The summed E-state index contributed by atoms with van der Waals surface area (Å²) in [6.07, 6.45) is 0. The van der Waals surface area contributed by atoms with E-state index in [4.69, 9.17) is 4.74 Å². The Labute approximate surface area is 320 Å². The zero-order valence-electron chi connectivity index (χ0n) is 30.0. The van der Waals surface area contributed by atoms with Crippen LogP contribution in [0.4, 0.5) is 0 Å². The second kappa shape index (κ2) is 11.3. The summed E-state index contributed by atoms with van der Waals surface area (Å²) in [5.74, 6) is 1.76. The molecule has 9 aromatic carbocycles. The average molecular weight is 699 g/mol. The van der Waals surface area contributed by atoms with Crippen molar-refractivity contribution in [2.24, 2.45) is 0 Å². The predicted molar refractivity (Wildman–Crippen MR) is 224 cm³/mol. The van der Waals surface area contributed by atoms with Gasteiger partial charge in [-0.1, -0.05) is 188 Å². The van der Waals surface area contributed by atoms with Crippen LogP contribution in [0, 0.1) is 0 Å². The van der Waals surface area contributed by atoms with Crippen molar-refractivity contribution < 1.29 is 4.74 Å². The third-order valence-electron chi connectivity index (χ3n) is 12.6. The number of rotatable bonds is 3. The highest BCUT2D eigenvalue weighted by Gasteiger charge is 2.52. The molecule has 1 atom stereocenters. The van der Waals surface area contributed by atoms with Gasteiger partial charge in [0.05, 0.1) is 10.8 Å². The predicted octanol–water partition coefficient (Wildman–Crippen LogP) is 13.3. The molecular formula is C54H34O. The van der Waals surface area contributed by atoms with Gasteiger partial charge < -0.3 is 4.74 Å². The van der Waals surface area contributed by atoms with Crippen molar-refractivity contribution in [3.8, 4) is 44.9 Å². The molecule has 0 N–H and O–H groups in total. The fourth-order valence-electron chi connectivity index (χ4n) is 10.5. The molecule has 0 aromatic heterocycles. The van der Waals surface area contributed by atoms with Crippen LogP contribution in [0.3, 0.4) is 0 Å². The summed E-state index contributed by atoms with van der Waals surface area (Å²) in [7, 11) is 0. The molecule has 0 amide bonds. The molecule has 2 aliphatic carbocycles. The summed E-state index contributed by atoms with van der Waals surface area (Å²) >= 11 is 0. The second-order valence-corrected chi connectivity index (χ2v) is 15.1. The monoisotopic (exact) mass is 698 g/mol. The van der Waals surface area contributed by atoms with Gasteiger partial charge in [0, 0.05) is 11.1 Å². The summed E-state index contributed by atoms with van der Waals surface area (Å²) in [6, 6.07) is 76.1. The van der Waals surface area contributed by atoms with Crippen LogP contribution in [0.1, 0.15) is 44.5 Å². The number of hydrogen-bond donors (Lipinski definition) is 0. The van der Waals surface area contributed by atoms with E-state index in [9.17, 15) is 0 Å². The summed E-state index contributed by atoms with van der Waals surface area (Å²) in [4.78, 5) is 0. The van der Waals surface area contributed by atoms with E-state index in [2.05, 4.69) is 206 Å². The van der Waals surface area contributed by atoms with Gasteiger partial charge in [0.25, 0.3) is 0 Å². The van der Waals surface area contributed by atoms with Crippen molar-refractivity contribution in [3.05, 3.63) is 251 Å². The Kier molecular flexibility index (Phi) is 6.25. The molecule has 1 heterocycles. The maximum absolute atomic E-state index is 6.92. The Hall–Kier alpha value is -6.96. The standard InChI is InChI=1S/C54H34O/c1-3-16-38(17-4-1)53(39-18-5-2-6-19-39)47-25-13-14-26-50(47)55-51-34-37(29-32-48(51)53)36-28-30-43-41-21-9-11-23-45(41)54(49(43)33-36)46-24-12-10-22-42(46)44-31-27-35-15-7-8-20-40(35)52(44)54/h1-34H. The summed E-state index contributed by atoms with van der Waals surface area (Å²) in [5.41, 5.74) is 16.7. The Morgan fingerprint density at radius 1 is 0.309 bits per heavy atom. The molecule has 1 unspecified atom stereocenters. The molecule has 1 spiro atoms. The summed E-state index contributed by atoms with van der Waals surface area (Å²) in [6.45, 7) is 0. The molecule has 3 aliphatic rings. The van der Waals surface area contributed by atoms with E-state index in [1.165, 1.54) is 72.0 Å². The lowest BCUT2D eigenvalue weighted by molar-refractivity contribution is 0.435. The van der Waals surface area contributed by atoms with Gasteiger partial charge in [-0.15, -0.1) is 0 Å². The smallest absolute Gasteiger partial charge is 0.132 e. The molecule has 12 rings (SSSR count). The van der Waals surface area contributed by atoms with E-state index in [0.29, 0.717) is 0 Å².